The number of aliphatic hydroxyl groups is 1. The van der Waals surface area contributed by atoms with Gasteiger partial charge in [0.05, 0.1) is 5.60 Å². The standard InChI is InChI=1S/C14H20O2/c1-16-14(10-6-3-7-11-14)13(15)12-8-4-2-5-9-12/h2,4-5,8-9,13,15H,3,6-7,10-11H2,1H3. The van der Waals surface area contributed by atoms with Gasteiger partial charge in [0.1, 0.15) is 6.10 Å². The van der Waals surface area contributed by atoms with Gasteiger partial charge in [-0.3, -0.25) is 0 Å². The van der Waals surface area contributed by atoms with Gasteiger partial charge < -0.3 is 9.84 Å². The molecule has 2 nitrogen and oxygen atoms in total. The Balaban J connectivity index is 2.20. The van der Waals surface area contributed by atoms with E-state index in [9.17, 15) is 5.11 Å². The molecule has 1 atom stereocenters. The molecule has 0 radical (unpaired) electrons. The first-order chi connectivity index (χ1) is 7.78. The van der Waals surface area contributed by atoms with Gasteiger partial charge in [-0.1, -0.05) is 49.6 Å². The summed E-state index contributed by atoms with van der Waals surface area (Å²) < 4.78 is 5.64. The molecule has 0 bridgehead atoms. The number of hydrogen-bond acceptors (Lipinski definition) is 2. The van der Waals surface area contributed by atoms with Crippen LogP contribution in [0.2, 0.25) is 0 Å². The monoisotopic (exact) mass is 220 g/mol. The second-order valence-corrected chi connectivity index (χ2v) is 4.64. The SMILES string of the molecule is COC1(C(O)c2ccccc2)CCCCC1. The van der Waals surface area contributed by atoms with Gasteiger partial charge in [0.15, 0.2) is 0 Å². The van der Waals surface area contributed by atoms with Crippen LogP contribution in [0, 0.1) is 0 Å². The minimum atomic E-state index is -0.501. The lowest BCUT2D eigenvalue weighted by Crippen LogP contribution is -2.40. The number of rotatable bonds is 3. The maximum atomic E-state index is 10.5. The predicted octanol–water partition coefficient (Wildman–Crippen LogP) is 3.07. The summed E-state index contributed by atoms with van der Waals surface area (Å²) in [5, 5.41) is 10.5. The normalized spacial score (nSPS) is 21.6. The Kier molecular flexibility index (Phi) is 3.62. The summed E-state index contributed by atoms with van der Waals surface area (Å²) in [5.74, 6) is 0. The Morgan fingerprint density at radius 3 is 2.31 bits per heavy atom. The van der Waals surface area contributed by atoms with Gasteiger partial charge in [0, 0.05) is 7.11 Å². The van der Waals surface area contributed by atoms with E-state index >= 15 is 0 Å². The summed E-state index contributed by atoms with van der Waals surface area (Å²) in [6, 6.07) is 9.84. The molecular weight excluding hydrogens is 200 g/mol. The van der Waals surface area contributed by atoms with E-state index in [0.29, 0.717) is 0 Å². The fraction of sp³-hybridized carbons (Fsp3) is 0.571. The maximum Gasteiger partial charge on any atom is 0.108 e. The second kappa shape index (κ2) is 4.98. The number of methoxy groups -OCH3 is 1. The van der Waals surface area contributed by atoms with E-state index in [1.807, 2.05) is 30.3 Å². The number of hydrogen-bond donors (Lipinski definition) is 1. The highest BCUT2D eigenvalue weighted by atomic mass is 16.5. The first kappa shape index (κ1) is 11.6. The Labute approximate surface area is 97.3 Å². The molecule has 16 heavy (non-hydrogen) atoms. The van der Waals surface area contributed by atoms with Crippen molar-refractivity contribution in [3.63, 3.8) is 0 Å². The third-order valence-electron chi connectivity index (χ3n) is 3.72. The molecule has 0 aromatic heterocycles. The molecular formula is C14H20O2. The van der Waals surface area contributed by atoms with Crippen LogP contribution >= 0.6 is 0 Å². The molecule has 0 spiro atoms. The van der Waals surface area contributed by atoms with Crippen LogP contribution in [0.15, 0.2) is 30.3 Å². The van der Waals surface area contributed by atoms with Crippen molar-refractivity contribution in [1.82, 2.24) is 0 Å². The van der Waals surface area contributed by atoms with Crippen LogP contribution in [-0.4, -0.2) is 17.8 Å². The van der Waals surface area contributed by atoms with E-state index in [1.165, 1.54) is 6.42 Å². The summed E-state index contributed by atoms with van der Waals surface area (Å²) in [7, 11) is 1.72. The second-order valence-electron chi connectivity index (χ2n) is 4.64. The summed E-state index contributed by atoms with van der Waals surface area (Å²) in [4.78, 5) is 0. The van der Waals surface area contributed by atoms with Crippen LogP contribution in [-0.2, 0) is 4.74 Å². The average Bonchev–Trinajstić information content (AvgIpc) is 2.39. The van der Waals surface area contributed by atoms with Crippen LogP contribution in [0.1, 0.15) is 43.8 Å². The van der Waals surface area contributed by atoms with Gasteiger partial charge in [-0.25, -0.2) is 0 Å². The lowest BCUT2D eigenvalue weighted by Gasteiger charge is -2.40. The van der Waals surface area contributed by atoms with Crippen LogP contribution in [0.3, 0.4) is 0 Å². The van der Waals surface area contributed by atoms with Crippen molar-refractivity contribution in [2.24, 2.45) is 0 Å². The first-order valence-electron chi connectivity index (χ1n) is 6.07. The molecule has 2 rings (SSSR count). The van der Waals surface area contributed by atoms with Gasteiger partial charge in [0.25, 0.3) is 0 Å². The molecule has 0 saturated heterocycles. The topological polar surface area (TPSA) is 29.5 Å². The predicted molar refractivity (Wildman–Crippen MR) is 64.2 cm³/mol. The van der Waals surface area contributed by atoms with Crippen molar-refractivity contribution in [1.29, 1.82) is 0 Å². The first-order valence-corrected chi connectivity index (χ1v) is 6.07. The van der Waals surface area contributed by atoms with Crippen molar-refractivity contribution in [3.8, 4) is 0 Å². The maximum absolute atomic E-state index is 10.5. The highest BCUT2D eigenvalue weighted by molar-refractivity contribution is 5.20. The van der Waals surface area contributed by atoms with Crippen molar-refractivity contribution < 1.29 is 9.84 Å². The van der Waals surface area contributed by atoms with Crippen molar-refractivity contribution in [3.05, 3.63) is 35.9 Å². The summed E-state index contributed by atoms with van der Waals surface area (Å²) in [5.41, 5.74) is 0.603. The van der Waals surface area contributed by atoms with Gasteiger partial charge in [0.2, 0.25) is 0 Å². The van der Waals surface area contributed by atoms with Gasteiger partial charge >= 0.3 is 0 Å². The van der Waals surface area contributed by atoms with E-state index in [-0.39, 0.29) is 5.60 Å². The van der Waals surface area contributed by atoms with Crippen LogP contribution in [0.4, 0.5) is 0 Å². The molecule has 0 heterocycles. The van der Waals surface area contributed by atoms with E-state index in [0.717, 1.165) is 31.2 Å². The minimum Gasteiger partial charge on any atom is -0.385 e. The van der Waals surface area contributed by atoms with E-state index < -0.39 is 6.10 Å². The molecule has 1 unspecified atom stereocenters. The third-order valence-corrected chi connectivity index (χ3v) is 3.72. The number of aliphatic hydroxyl groups excluding tert-OH is 1. The van der Waals surface area contributed by atoms with E-state index in [1.54, 1.807) is 7.11 Å². The highest BCUT2D eigenvalue weighted by Crippen LogP contribution is 2.40. The quantitative estimate of drug-likeness (QED) is 0.848. The zero-order chi connectivity index (χ0) is 11.4. The number of ether oxygens (including phenoxy) is 1. The minimum absolute atomic E-state index is 0.362. The molecule has 1 saturated carbocycles. The zero-order valence-electron chi connectivity index (χ0n) is 9.86. The number of benzene rings is 1. The third kappa shape index (κ3) is 2.13. The molecule has 1 fully saturated rings. The molecule has 1 aliphatic carbocycles. The van der Waals surface area contributed by atoms with Crippen molar-refractivity contribution in [2.75, 3.05) is 7.11 Å². The Bertz CT molecular complexity index is 315. The van der Waals surface area contributed by atoms with Crippen molar-refractivity contribution in [2.45, 2.75) is 43.8 Å². The summed E-state index contributed by atoms with van der Waals surface area (Å²) in [6.07, 6.45) is 4.97. The average molecular weight is 220 g/mol. The Hall–Kier alpha value is -0.860. The molecule has 1 aromatic carbocycles. The van der Waals surface area contributed by atoms with Gasteiger partial charge in [-0.05, 0) is 18.4 Å². The molecule has 1 aromatic rings. The van der Waals surface area contributed by atoms with Gasteiger partial charge in [-0.15, -0.1) is 0 Å². The molecule has 0 amide bonds. The zero-order valence-corrected chi connectivity index (χ0v) is 9.86. The lowest BCUT2D eigenvalue weighted by atomic mass is 9.78. The van der Waals surface area contributed by atoms with E-state index in [4.69, 9.17) is 4.74 Å². The summed E-state index contributed by atoms with van der Waals surface area (Å²) in [6.45, 7) is 0. The lowest BCUT2D eigenvalue weighted by molar-refractivity contribution is -0.125. The Morgan fingerprint density at radius 2 is 1.75 bits per heavy atom. The smallest absolute Gasteiger partial charge is 0.108 e. The Morgan fingerprint density at radius 1 is 1.12 bits per heavy atom. The molecule has 88 valence electrons. The molecule has 0 aliphatic heterocycles. The fourth-order valence-electron chi connectivity index (χ4n) is 2.68. The van der Waals surface area contributed by atoms with Gasteiger partial charge in [-0.2, -0.15) is 0 Å². The van der Waals surface area contributed by atoms with Crippen LogP contribution < -0.4 is 0 Å². The molecule has 2 heteroatoms. The molecule has 1 N–H and O–H groups in total. The van der Waals surface area contributed by atoms with Crippen molar-refractivity contribution >= 4 is 0 Å². The van der Waals surface area contributed by atoms with Crippen LogP contribution in [0.25, 0.3) is 0 Å². The summed E-state index contributed by atoms with van der Waals surface area (Å²) >= 11 is 0. The van der Waals surface area contributed by atoms with E-state index in [2.05, 4.69) is 0 Å². The highest BCUT2D eigenvalue weighted by Gasteiger charge is 2.39. The molecule has 1 aliphatic rings. The van der Waals surface area contributed by atoms with Crippen LogP contribution in [0.5, 0.6) is 0 Å². The fourth-order valence-corrected chi connectivity index (χ4v) is 2.68. The largest absolute Gasteiger partial charge is 0.385 e.